The third-order valence-corrected chi connectivity index (χ3v) is 3.60. The second-order valence-electron chi connectivity index (χ2n) is 5.60. The molecule has 0 aliphatic heterocycles. The van der Waals surface area contributed by atoms with Crippen LogP contribution in [0.3, 0.4) is 0 Å². The van der Waals surface area contributed by atoms with E-state index in [0.717, 1.165) is 6.54 Å². The lowest BCUT2D eigenvalue weighted by atomic mass is 9.93. The molecule has 0 aliphatic carbocycles. The third-order valence-electron chi connectivity index (χ3n) is 3.60. The Morgan fingerprint density at radius 2 is 2.00 bits per heavy atom. The summed E-state index contributed by atoms with van der Waals surface area (Å²) in [6.45, 7) is 3.68. The van der Waals surface area contributed by atoms with E-state index in [2.05, 4.69) is 12.2 Å². The number of halogens is 1. The first-order valence-electron chi connectivity index (χ1n) is 7.26. The van der Waals surface area contributed by atoms with Gasteiger partial charge in [0.1, 0.15) is 5.82 Å². The van der Waals surface area contributed by atoms with E-state index in [1.54, 1.807) is 13.2 Å². The molecule has 120 valence electrons. The molecule has 2 N–H and O–H groups in total. The lowest BCUT2D eigenvalue weighted by Crippen LogP contribution is -2.38. The maximum absolute atomic E-state index is 13.9. The summed E-state index contributed by atoms with van der Waals surface area (Å²) in [4.78, 5) is 2.04. The molecular formula is C16H27FN2O2. The highest BCUT2D eigenvalue weighted by molar-refractivity contribution is 5.21. The van der Waals surface area contributed by atoms with E-state index >= 15 is 0 Å². The summed E-state index contributed by atoms with van der Waals surface area (Å²) in [5.41, 5.74) is 0.679. The van der Waals surface area contributed by atoms with Crippen LogP contribution in [0.15, 0.2) is 24.3 Å². The van der Waals surface area contributed by atoms with E-state index in [4.69, 9.17) is 4.74 Å². The monoisotopic (exact) mass is 298 g/mol. The van der Waals surface area contributed by atoms with Gasteiger partial charge in [0.15, 0.2) is 0 Å². The van der Waals surface area contributed by atoms with Gasteiger partial charge >= 0.3 is 0 Å². The summed E-state index contributed by atoms with van der Waals surface area (Å²) in [5.74, 6) is 0.0115. The van der Waals surface area contributed by atoms with Crippen LogP contribution in [0.2, 0.25) is 0 Å². The van der Waals surface area contributed by atoms with Crippen LogP contribution < -0.4 is 5.32 Å². The van der Waals surface area contributed by atoms with Crippen LogP contribution in [-0.4, -0.2) is 57.0 Å². The normalized spacial score (nSPS) is 16.0. The van der Waals surface area contributed by atoms with E-state index < -0.39 is 6.10 Å². The van der Waals surface area contributed by atoms with Crippen LogP contribution in [0.1, 0.15) is 18.5 Å². The lowest BCUT2D eigenvalue weighted by Gasteiger charge is -2.29. The van der Waals surface area contributed by atoms with Crippen molar-refractivity contribution in [2.24, 2.45) is 5.92 Å². The van der Waals surface area contributed by atoms with Gasteiger partial charge in [0.2, 0.25) is 0 Å². The quantitative estimate of drug-likeness (QED) is 0.728. The standard InChI is InChI=1S/C16H27FN2O2/c1-12(9-19(3)10-13(20)11-21-4)16(18-2)14-7-5-6-8-15(14)17/h5-8,12-13,16,18,20H,9-11H2,1-4H3. The molecule has 21 heavy (non-hydrogen) atoms. The van der Waals surface area contributed by atoms with Crippen molar-refractivity contribution < 1.29 is 14.2 Å². The Morgan fingerprint density at radius 3 is 2.57 bits per heavy atom. The van der Waals surface area contributed by atoms with Crippen molar-refractivity contribution in [3.8, 4) is 0 Å². The van der Waals surface area contributed by atoms with Crippen molar-refractivity contribution in [2.45, 2.75) is 19.1 Å². The summed E-state index contributed by atoms with van der Waals surface area (Å²) < 4.78 is 18.8. The predicted molar refractivity (Wildman–Crippen MR) is 82.7 cm³/mol. The minimum atomic E-state index is -0.506. The molecule has 0 fully saturated rings. The number of rotatable bonds is 9. The third kappa shape index (κ3) is 5.71. The Balaban J connectivity index is 2.63. The summed E-state index contributed by atoms with van der Waals surface area (Å²) in [5, 5.41) is 12.9. The van der Waals surface area contributed by atoms with Gasteiger partial charge in [0, 0.05) is 31.8 Å². The van der Waals surface area contributed by atoms with Gasteiger partial charge in [0.25, 0.3) is 0 Å². The molecule has 0 aromatic heterocycles. The van der Waals surface area contributed by atoms with Crippen molar-refractivity contribution in [3.63, 3.8) is 0 Å². The van der Waals surface area contributed by atoms with Crippen molar-refractivity contribution >= 4 is 0 Å². The van der Waals surface area contributed by atoms with Gasteiger partial charge in [-0.2, -0.15) is 0 Å². The van der Waals surface area contributed by atoms with E-state index in [1.165, 1.54) is 6.07 Å². The molecule has 0 bridgehead atoms. The predicted octanol–water partition coefficient (Wildman–Crippen LogP) is 1.66. The van der Waals surface area contributed by atoms with Crippen molar-refractivity contribution in [1.82, 2.24) is 10.2 Å². The Hall–Kier alpha value is -1.01. The molecule has 0 heterocycles. The molecule has 3 unspecified atom stereocenters. The highest BCUT2D eigenvalue weighted by Crippen LogP contribution is 2.24. The highest BCUT2D eigenvalue weighted by atomic mass is 19.1. The number of nitrogens with one attached hydrogen (secondary N) is 1. The topological polar surface area (TPSA) is 44.7 Å². The molecule has 0 saturated heterocycles. The van der Waals surface area contributed by atoms with E-state index in [9.17, 15) is 9.50 Å². The molecule has 1 aromatic rings. The number of nitrogens with zero attached hydrogens (tertiary/aromatic N) is 1. The molecule has 1 aromatic carbocycles. The molecule has 0 amide bonds. The van der Waals surface area contributed by atoms with Crippen LogP contribution in [-0.2, 0) is 4.74 Å². The first-order valence-corrected chi connectivity index (χ1v) is 7.26. The Morgan fingerprint density at radius 1 is 1.33 bits per heavy atom. The zero-order valence-corrected chi connectivity index (χ0v) is 13.3. The van der Waals surface area contributed by atoms with Gasteiger partial charge in [-0.3, -0.25) is 0 Å². The highest BCUT2D eigenvalue weighted by Gasteiger charge is 2.22. The van der Waals surface area contributed by atoms with Crippen LogP contribution in [0.25, 0.3) is 0 Å². The summed E-state index contributed by atoms with van der Waals surface area (Å²) in [6, 6.07) is 6.78. The smallest absolute Gasteiger partial charge is 0.127 e. The molecule has 0 radical (unpaired) electrons. The number of aliphatic hydroxyl groups excluding tert-OH is 1. The van der Waals surface area contributed by atoms with Crippen LogP contribution in [0.5, 0.6) is 0 Å². The molecule has 4 nitrogen and oxygen atoms in total. The van der Waals surface area contributed by atoms with Crippen molar-refractivity contribution in [2.75, 3.05) is 40.9 Å². The van der Waals surface area contributed by atoms with E-state index in [-0.39, 0.29) is 17.8 Å². The number of ether oxygens (including phenoxy) is 1. The second kappa shape index (κ2) is 9.10. The summed E-state index contributed by atoms with van der Waals surface area (Å²) in [6.07, 6.45) is -0.506. The molecule has 5 heteroatoms. The number of aliphatic hydroxyl groups is 1. The van der Waals surface area contributed by atoms with Crippen LogP contribution in [0.4, 0.5) is 4.39 Å². The van der Waals surface area contributed by atoms with Crippen molar-refractivity contribution in [1.29, 1.82) is 0 Å². The van der Waals surface area contributed by atoms with E-state index in [0.29, 0.717) is 18.7 Å². The Bertz CT molecular complexity index is 417. The van der Waals surface area contributed by atoms with Gasteiger partial charge in [-0.05, 0) is 26.1 Å². The fourth-order valence-corrected chi connectivity index (χ4v) is 2.75. The van der Waals surface area contributed by atoms with Gasteiger partial charge in [-0.25, -0.2) is 4.39 Å². The number of methoxy groups -OCH3 is 1. The van der Waals surface area contributed by atoms with Crippen LogP contribution in [0, 0.1) is 11.7 Å². The summed E-state index contributed by atoms with van der Waals surface area (Å²) >= 11 is 0. The number of hydrogen-bond donors (Lipinski definition) is 2. The average molecular weight is 298 g/mol. The molecule has 0 aliphatic rings. The maximum atomic E-state index is 13.9. The second-order valence-corrected chi connectivity index (χ2v) is 5.60. The molecular weight excluding hydrogens is 271 g/mol. The minimum absolute atomic E-state index is 0.0618. The first-order chi connectivity index (χ1) is 9.99. The Kier molecular flexibility index (Phi) is 7.82. The fourth-order valence-electron chi connectivity index (χ4n) is 2.75. The minimum Gasteiger partial charge on any atom is -0.389 e. The van der Waals surface area contributed by atoms with Crippen LogP contribution >= 0.6 is 0 Å². The largest absolute Gasteiger partial charge is 0.389 e. The molecule has 3 atom stereocenters. The summed E-state index contributed by atoms with van der Waals surface area (Å²) in [7, 11) is 5.36. The molecule has 0 spiro atoms. The van der Waals surface area contributed by atoms with Gasteiger partial charge < -0.3 is 20.1 Å². The van der Waals surface area contributed by atoms with E-state index in [1.807, 2.05) is 31.1 Å². The molecule has 1 rings (SSSR count). The first kappa shape index (κ1) is 18.0. The number of hydrogen-bond acceptors (Lipinski definition) is 4. The van der Waals surface area contributed by atoms with Gasteiger partial charge in [0.05, 0.1) is 12.7 Å². The zero-order chi connectivity index (χ0) is 15.8. The average Bonchev–Trinajstić information content (AvgIpc) is 2.41. The molecule has 0 saturated carbocycles. The lowest BCUT2D eigenvalue weighted by molar-refractivity contribution is 0.0397. The Labute approximate surface area is 126 Å². The fraction of sp³-hybridized carbons (Fsp3) is 0.625. The maximum Gasteiger partial charge on any atom is 0.127 e. The number of benzene rings is 1. The van der Waals surface area contributed by atoms with Gasteiger partial charge in [-0.1, -0.05) is 25.1 Å². The zero-order valence-electron chi connectivity index (χ0n) is 13.3. The van der Waals surface area contributed by atoms with Crippen molar-refractivity contribution in [3.05, 3.63) is 35.6 Å². The SMILES string of the molecule is CNC(c1ccccc1F)C(C)CN(C)CC(O)COC. The number of likely N-dealkylation sites (N-methyl/N-ethyl adjacent to an activating group) is 1. The van der Waals surface area contributed by atoms with Gasteiger partial charge in [-0.15, -0.1) is 0 Å².